The van der Waals surface area contributed by atoms with Gasteiger partial charge in [0.1, 0.15) is 5.03 Å². The highest BCUT2D eigenvalue weighted by Gasteiger charge is 2.35. The zero-order valence-corrected chi connectivity index (χ0v) is 15.5. The second kappa shape index (κ2) is 7.56. The van der Waals surface area contributed by atoms with Gasteiger partial charge in [0.25, 0.3) is 0 Å². The summed E-state index contributed by atoms with van der Waals surface area (Å²) < 4.78 is 45.4. The molecule has 0 amide bonds. The summed E-state index contributed by atoms with van der Waals surface area (Å²) in [6.07, 6.45) is -2.41. The summed E-state index contributed by atoms with van der Waals surface area (Å²) in [5.41, 5.74) is 0.239. The third-order valence-electron chi connectivity index (χ3n) is 3.92. The van der Waals surface area contributed by atoms with Crippen molar-refractivity contribution in [2.24, 2.45) is 0 Å². The number of hydrogen-bond donors (Lipinski definition) is 1. The van der Waals surface area contributed by atoms with Gasteiger partial charge in [0.2, 0.25) is 11.0 Å². The van der Waals surface area contributed by atoms with Crippen LogP contribution in [0.5, 0.6) is 0 Å². The number of benzene rings is 1. The molecule has 0 aliphatic carbocycles. The molecule has 1 saturated heterocycles. The molecule has 2 aromatic heterocycles. The Kier molecular flexibility index (Phi) is 5.15. The molecular formula is C16H14F3N5OS2. The molecule has 1 aliphatic rings. The van der Waals surface area contributed by atoms with Crippen LogP contribution in [0.4, 0.5) is 18.3 Å². The molecule has 142 valence electrons. The molecule has 0 saturated carbocycles. The number of nitrogens with one attached hydrogen (secondary N) is 1. The summed E-state index contributed by atoms with van der Waals surface area (Å²) in [5.74, 6) is -1.16. The van der Waals surface area contributed by atoms with Gasteiger partial charge < -0.3 is 10.1 Å². The standard InChI is InChI=1S/C16H14F3N5OS2/c17-16(18,19)13-21-11-6-2-1-5-10(11)12(22-13)26-15-24-23-14(27-15)20-8-9-4-3-7-25-9/h1-2,5-6,9H,3-4,7-8H2,(H,20,23). The van der Waals surface area contributed by atoms with Gasteiger partial charge in [-0.25, -0.2) is 9.97 Å². The third-order valence-corrected chi connectivity index (χ3v) is 5.85. The van der Waals surface area contributed by atoms with Crippen LogP contribution in [0.1, 0.15) is 18.7 Å². The topological polar surface area (TPSA) is 72.8 Å². The molecule has 1 aromatic carbocycles. The smallest absolute Gasteiger partial charge is 0.376 e. The molecule has 4 rings (SSSR count). The SMILES string of the molecule is FC(F)(F)c1nc(Sc2nnc(NCC3CCCO3)s2)c2ccccc2n1. The van der Waals surface area contributed by atoms with Crippen molar-refractivity contribution < 1.29 is 17.9 Å². The summed E-state index contributed by atoms with van der Waals surface area (Å²) in [7, 11) is 0. The summed E-state index contributed by atoms with van der Waals surface area (Å²) in [5, 5.41) is 12.6. The minimum atomic E-state index is -4.62. The predicted molar refractivity (Wildman–Crippen MR) is 96.0 cm³/mol. The van der Waals surface area contributed by atoms with Gasteiger partial charge in [-0.05, 0) is 30.7 Å². The highest BCUT2D eigenvalue weighted by Crippen LogP contribution is 2.37. The van der Waals surface area contributed by atoms with Crippen molar-refractivity contribution >= 4 is 39.1 Å². The zero-order valence-electron chi connectivity index (χ0n) is 13.9. The van der Waals surface area contributed by atoms with Crippen LogP contribution in [0, 0.1) is 0 Å². The normalized spacial score (nSPS) is 17.5. The van der Waals surface area contributed by atoms with Crippen LogP contribution >= 0.6 is 23.1 Å². The number of anilines is 1. The second-order valence-corrected chi connectivity index (χ2v) is 8.07. The fraction of sp³-hybridized carbons (Fsp3) is 0.375. The molecule has 11 heteroatoms. The van der Waals surface area contributed by atoms with E-state index in [4.69, 9.17) is 4.74 Å². The van der Waals surface area contributed by atoms with Crippen LogP contribution in [0.3, 0.4) is 0 Å². The van der Waals surface area contributed by atoms with Crippen molar-refractivity contribution in [1.29, 1.82) is 0 Å². The minimum absolute atomic E-state index is 0.158. The first-order chi connectivity index (χ1) is 13.0. The fourth-order valence-corrected chi connectivity index (χ4v) is 4.45. The lowest BCUT2D eigenvalue weighted by Crippen LogP contribution is -2.18. The van der Waals surface area contributed by atoms with Gasteiger partial charge in [-0.1, -0.05) is 29.5 Å². The number of hydrogen-bond acceptors (Lipinski definition) is 8. The maximum Gasteiger partial charge on any atom is 0.451 e. The molecule has 1 unspecified atom stereocenters. The lowest BCUT2D eigenvalue weighted by atomic mass is 10.2. The molecular weight excluding hydrogens is 399 g/mol. The van der Waals surface area contributed by atoms with E-state index in [0.717, 1.165) is 31.2 Å². The molecule has 1 fully saturated rings. The van der Waals surface area contributed by atoms with Crippen molar-refractivity contribution in [3.05, 3.63) is 30.1 Å². The van der Waals surface area contributed by atoms with Crippen LogP contribution in [0.25, 0.3) is 10.9 Å². The zero-order chi connectivity index (χ0) is 18.9. The number of ether oxygens (including phenoxy) is 1. The van der Waals surface area contributed by atoms with Crippen LogP contribution in [-0.4, -0.2) is 39.4 Å². The van der Waals surface area contributed by atoms with E-state index in [1.807, 2.05) is 0 Å². The number of rotatable bonds is 5. The van der Waals surface area contributed by atoms with E-state index in [1.54, 1.807) is 18.2 Å². The average molecular weight is 413 g/mol. The second-order valence-electron chi connectivity index (χ2n) is 5.86. The first kappa shape index (κ1) is 18.4. The van der Waals surface area contributed by atoms with Gasteiger partial charge in [-0.15, -0.1) is 10.2 Å². The Bertz CT molecular complexity index is 943. The quantitative estimate of drug-likeness (QED) is 0.627. The monoisotopic (exact) mass is 413 g/mol. The molecule has 1 atom stereocenters. The Labute approximate surface area is 160 Å². The lowest BCUT2D eigenvalue weighted by Gasteiger charge is -2.09. The van der Waals surface area contributed by atoms with Gasteiger partial charge in [0.15, 0.2) is 4.34 Å². The highest BCUT2D eigenvalue weighted by atomic mass is 32.2. The van der Waals surface area contributed by atoms with E-state index < -0.39 is 12.0 Å². The largest absolute Gasteiger partial charge is 0.451 e. The van der Waals surface area contributed by atoms with Crippen molar-refractivity contribution in [2.75, 3.05) is 18.5 Å². The maximum atomic E-state index is 13.1. The molecule has 6 nitrogen and oxygen atoms in total. The van der Waals surface area contributed by atoms with Crippen LogP contribution in [0.2, 0.25) is 0 Å². The summed E-state index contributed by atoms with van der Waals surface area (Å²) in [4.78, 5) is 7.33. The van der Waals surface area contributed by atoms with E-state index >= 15 is 0 Å². The number of alkyl halides is 3. The van der Waals surface area contributed by atoms with Crippen molar-refractivity contribution in [2.45, 2.75) is 34.5 Å². The minimum Gasteiger partial charge on any atom is -0.376 e. The van der Waals surface area contributed by atoms with E-state index in [0.29, 0.717) is 21.4 Å². The van der Waals surface area contributed by atoms with Gasteiger partial charge >= 0.3 is 6.18 Å². The molecule has 0 bridgehead atoms. The van der Waals surface area contributed by atoms with E-state index in [9.17, 15) is 13.2 Å². The van der Waals surface area contributed by atoms with E-state index in [-0.39, 0.29) is 16.6 Å². The predicted octanol–water partition coefficient (Wildman–Crippen LogP) is 4.24. The maximum absolute atomic E-state index is 13.1. The van der Waals surface area contributed by atoms with Crippen molar-refractivity contribution in [1.82, 2.24) is 20.2 Å². The lowest BCUT2D eigenvalue weighted by molar-refractivity contribution is -0.145. The number of fused-ring (bicyclic) bond motifs is 1. The molecule has 1 aliphatic heterocycles. The molecule has 0 spiro atoms. The molecule has 0 radical (unpaired) electrons. The summed E-state index contributed by atoms with van der Waals surface area (Å²) >= 11 is 2.31. The molecule has 3 aromatic rings. The molecule has 1 N–H and O–H groups in total. The number of nitrogens with zero attached hydrogens (tertiary/aromatic N) is 4. The van der Waals surface area contributed by atoms with Gasteiger partial charge in [-0.3, -0.25) is 0 Å². The first-order valence-corrected chi connectivity index (χ1v) is 9.83. The van der Waals surface area contributed by atoms with Gasteiger partial charge in [0.05, 0.1) is 11.6 Å². The Morgan fingerprint density at radius 1 is 1.22 bits per heavy atom. The van der Waals surface area contributed by atoms with Crippen LogP contribution < -0.4 is 5.32 Å². The summed E-state index contributed by atoms with van der Waals surface area (Å²) in [6.45, 7) is 1.40. The number of aromatic nitrogens is 4. The first-order valence-electron chi connectivity index (χ1n) is 8.20. The van der Waals surface area contributed by atoms with Gasteiger partial charge in [0, 0.05) is 18.5 Å². The summed E-state index contributed by atoms with van der Waals surface area (Å²) in [6, 6.07) is 6.60. The fourth-order valence-electron chi connectivity index (χ4n) is 2.66. The van der Waals surface area contributed by atoms with Crippen molar-refractivity contribution in [3.8, 4) is 0 Å². The Balaban J connectivity index is 1.56. The Morgan fingerprint density at radius 2 is 2.07 bits per heavy atom. The number of para-hydroxylation sites is 1. The van der Waals surface area contributed by atoms with Crippen LogP contribution in [0.15, 0.2) is 33.6 Å². The third kappa shape index (κ3) is 4.30. The number of halogens is 3. The van der Waals surface area contributed by atoms with E-state index in [1.165, 1.54) is 17.4 Å². The average Bonchev–Trinajstić information content (AvgIpc) is 3.31. The Morgan fingerprint density at radius 3 is 2.85 bits per heavy atom. The highest BCUT2D eigenvalue weighted by molar-refractivity contribution is 8.01. The Hall–Kier alpha value is -1.98. The van der Waals surface area contributed by atoms with E-state index in [2.05, 4.69) is 25.5 Å². The van der Waals surface area contributed by atoms with Gasteiger partial charge in [-0.2, -0.15) is 13.2 Å². The van der Waals surface area contributed by atoms with Crippen LogP contribution in [-0.2, 0) is 10.9 Å². The molecule has 3 heterocycles. The molecule has 27 heavy (non-hydrogen) atoms. The van der Waals surface area contributed by atoms with Crippen molar-refractivity contribution in [3.63, 3.8) is 0 Å².